The van der Waals surface area contributed by atoms with Crippen molar-refractivity contribution in [3.63, 3.8) is 0 Å². The van der Waals surface area contributed by atoms with Crippen molar-refractivity contribution in [2.24, 2.45) is 4.99 Å². The zero-order valence-electron chi connectivity index (χ0n) is 19.3. The number of pyridine rings is 1. The number of nitrogens with one attached hydrogen (secondary N) is 2. The molecule has 10 heteroatoms. The molecule has 8 nitrogen and oxygen atoms in total. The fraction of sp³-hybridized carbons (Fsp3) is 0.667. The Bertz CT molecular complexity index is 743. The molecule has 1 aromatic rings. The quantitative estimate of drug-likeness (QED) is 0.310. The predicted octanol–water partition coefficient (Wildman–Crippen LogP) is 3.74. The molecule has 1 aliphatic rings. The molecule has 0 spiro atoms. The summed E-state index contributed by atoms with van der Waals surface area (Å²) < 4.78 is 5.42. The first-order valence-electron chi connectivity index (χ1n) is 10.4. The summed E-state index contributed by atoms with van der Waals surface area (Å²) >= 11 is 6.27. The fourth-order valence-electron chi connectivity index (χ4n) is 3.18. The highest BCUT2D eigenvalue weighted by Gasteiger charge is 2.26. The van der Waals surface area contributed by atoms with Crippen LogP contribution >= 0.6 is 35.6 Å². The van der Waals surface area contributed by atoms with Gasteiger partial charge in [-0.3, -0.25) is 4.99 Å². The minimum Gasteiger partial charge on any atom is -0.444 e. The van der Waals surface area contributed by atoms with Crippen molar-refractivity contribution in [2.45, 2.75) is 58.2 Å². The molecule has 0 bridgehead atoms. The lowest BCUT2D eigenvalue weighted by molar-refractivity contribution is 0.0230. The van der Waals surface area contributed by atoms with Crippen LogP contribution < -0.4 is 15.5 Å². The number of carbonyl (C=O) groups excluding carboxylic acids is 1. The molecule has 0 radical (unpaired) electrons. The van der Waals surface area contributed by atoms with Crippen molar-refractivity contribution in [2.75, 3.05) is 38.6 Å². The molecule has 1 saturated heterocycles. The molecular formula is C21H36ClIN6O2. The molecule has 2 atom stereocenters. The second-order valence-electron chi connectivity index (χ2n) is 8.61. The van der Waals surface area contributed by atoms with Gasteiger partial charge in [-0.25, -0.2) is 9.78 Å². The summed E-state index contributed by atoms with van der Waals surface area (Å²) in [5, 5.41) is 7.47. The van der Waals surface area contributed by atoms with Crippen LogP contribution in [-0.2, 0) is 4.74 Å². The van der Waals surface area contributed by atoms with Crippen LogP contribution in [0.15, 0.2) is 23.3 Å². The third-order valence-corrected chi connectivity index (χ3v) is 5.28. The van der Waals surface area contributed by atoms with Crippen LogP contribution in [0.25, 0.3) is 0 Å². The summed E-state index contributed by atoms with van der Waals surface area (Å²) in [6.07, 6.45) is 3.21. The minimum absolute atomic E-state index is 0. The lowest BCUT2D eigenvalue weighted by Crippen LogP contribution is -2.46. The van der Waals surface area contributed by atoms with Gasteiger partial charge in [0.25, 0.3) is 0 Å². The summed E-state index contributed by atoms with van der Waals surface area (Å²) in [4.78, 5) is 24.7. The molecule has 2 N–H and O–H groups in total. The number of anilines is 1. The van der Waals surface area contributed by atoms with Gasteiger partial charge in [0.05, 0.1) is 5.02 Å². The van der Waals surface area contributed by atoms with E-state index in [0.29, 0.717) is 11.6 Å². The van der Waals surface area contributed by atoms with E-state index in [1.165, 1.54) is 0 Å². The number of amides is 1. The number of hydrogen-bond donors (Lipinski definition) is 2. The molecule has 2 heterocycles. The van der Waals surface area contributed by atoms with Crippen LogP contribution in [0.5, 0.6) is 0 Å². The van der Waals surface area contributed by atoms with Gasteiger partial charge in [0.2, 0.25) is 0 Å². The summed E-state index contributed by atoms with van der Waals surface area (Å²) in [5.74, 6) is 1.58. The summed E-state index contributed by atoms with van der Waals surface area (Å²) in [6.45, 7) is 10.0. The van der Waals surface area contributed by atoms with E-state index in [4.69, 9.17) is 16.3 Å². The first-order valence-corrected chi connectivity index (χ1v) is 10.8. The second kappa shape index (κ2) is 12.5. The number of guanidine groups is 1. The number of halogens is 2. The lowest BCUT2D eigenvalue weighted by Gasteiger charge is -2.29. The topological polar surface area (TPSA) is 82.1 Å². The first-order chi connectivity index (χ1) is 14.1. The molecule has 2 unspecified atom stereocenters. The Morgan fingerprint density at radius 2 is 2.19 bits per heavy atom. The number of hydrogen-bond acceptors (Lipinski definition) is 5. The van der Waals surface area contributed by atoms with E-state index in [1.54, 1.807) is 25.2 Å². The van der Waals surface area contributed by atoms with Gasteiger partial charge in [-0.2, -0.15) is 0 Å². The van der Waals surface area contributed by atoms with Crippen LogP contribution in [0.3, 0.4) is 0 Å². The SMILES string of the molecule is CN=C(NCCC(C)N(C)C(=O)OC(C)(C)C)NC1CCN(c2ncccc2Cl)C1.I. The maximum absolute atomic E-state index is 12.2. The van der Waals surface area contributed by atoms with Gasteiger partial charge in [0.1, 0.15) is 11.4 Å². The highest BCUT2D eigenvalue weighted by atomic mass is 127. The summed E-state index contributed by atoms with van der Waals surface area (Å²) in [5.41, 5.74) is -0.496. The molecule has 176 valence electrons. The highest BCUT2D eigenvalue weighted by Crippen LogP contribution is 2.25. The molecule has 1 aliphatic heterocycles. The van der Waals surface area contributed by atoms with Crippen LogP contribution in [-0.4, -0.2) is 73.4 Å². The zero-order valence-corrected chi connectivity index (χ0v) is 22.4. The van der Waals surface area contributed by atoms with Crippen molar-refractivity contribution < 1.29 is 9.53 Å². The highest BCUT2D eigenvalue weighted by molar-refractivity contribution is 14.0. The van der Waals surface area contributed by atoms with Crippen LogP contribution in [0.2, 0.25) is 5.02 Å². The molecule has 2 rings (SSSR count). The maximum atomic E-state index is 12.2. The Kier molecular flexibility index (Phi) is 11.1. The first kappa shape index (κ1) is 27.5. The molecule has 1 amide bonds. The monoisotopic (exact) mass is 566 g/mol. The Morgan fingerprint density at radius 3 is 2.81 bits per heavy atom. The standard InChI is InChI=1S/C21H35ClN6O2.HI/c1-15(27(6)20(29)30-21(2,3)4)9-12-25-19(23-5)26-16-10-13-28(14-16)18-17(22)8-7-11-24-18;/h7-8,11,15-16H,9-10,12-14H2,1-6H3,(H2,23,25,26);1H. The van der Waals surface area contributed by atoms with Gasteiger partial charge >= 0.3 is 6.09 Å². The smallest absolute Gasteiger partial charge is 0.410 e. The number of aliphatic imine (C=N–C) groups is 1. The third kappa shape index (κ3) is 8.88. The Balaban J connectivity index is 0.00000480. The number of ether oxygens (including phenoxy) is 1. The zero-order chi connectivity index (χ0) is 22.3. The number of nitrogens with zero attached hydrogens (tertiary/aromatic N) is 4. The summed E-state index contributed by atoms with van der Waals surface area (Å²) in [6, 6.07) is 4.00. The van der Waals surface area contributed by atoms with Gasteiger partial charge in [-0.1, -0.05) is 11.6 Å². The normalized spacial score (nSPS) is 17.6. The van der Waals surface area contributed by atoms with Crippen molar-refractivity contribution in [3.05, 3.63) is 23.4 Å². The van der Waals surface area contributed by atoms with E-state index >= 15 is 0 Å². The Morgan fingerprint density at radius 1 is 1.48 bits per heavy atom. The maximum Gasteiger partial charge on any atom is 0.410 e. The third-order valence-electron chi connectivity index (χ3n) is 4.99. The van der Waals surface area contributed by atoms with E-state index < -0.39 is 5.60 Å². The molecule has 0 aliphatic carbocycles. The summed E-state index contributed by atoms with van der Waals surface area (Å²) in [7, 11) is 3.52. The lowest BCUT2D eigenvalue weighted by atomic mass is 10.2. The average Bonchev–Trinajstić information content (AvgIpc) is 3.13. The predicted molar refractivity (Wildman–Crippen MR) is 138 cm³/mol. The van der Waals surface area contributed by atoms with Gasteiger partial charge in [-0.15, -0.1) is 24.0 Å². The minimum atomic E-state index is -0.496. The number of aromatic nitrogens is 1. The Hall–Kier alpha value is -1.49. The average molecular weight is 567 g/mol. The van der Waals surface area contributed by atoms with Crippen molar-refractivity contribution in [1.82, 2.24) is 20.5 Å². The van der Waals surface area contributed by atoms with Crippen LogP contribution in [0.4, 0.5) is 10.6 Å². The van der Waals surface area contributed by atoms with E-state index in [0.717, 1.165) is 37.7 Å². The molecule has 31 heavy (non-hydrogen) atoms. The van der Waals surface area contributed by atoms with E-state index in [-0.39, 0.29) is 42.2 Å². The molecule has 1 aromatic heterocycles. The fourth-order valence-corrected chi connectivity index (χ4v) is 3.42. The van der Waals surface area contributed by atoms with Crippen molar-refractivity contribution in [3.8, 4) is 0 Å². The van der Waals surface area contributed by atoms with Gasteiger partial charge < -0.3 is 25.2 Å². The number of rotatable bonds is 6. The number of carbonyl (C=O) groups is 1. The van der Waals surface area contributed by atoms with Crippen LogP contribution in [0.1, 0.15) is 40.5 Å². The van der Waals surface area contributed by atoms with Crippen molar-refractivity contribution >= 4 is 53.4 Å². The van der Waals surface area contributed by atoms with Gasteiger partial charge in [0, 0.05) is 52.0 Å². The van der Waals surface area contributed by atoms with E-state index in [2.05, 4.69) is 25.5 Å². The van der Waals surface area contributed by atoms with E-state index in [1.807, 2.05) is 39.8 Å². The Labute approximate surface area is 208 Å². The molecular weight excluding hydrogens is 531 g/mol. The van der Waals surface area contributed by atoms with Gasteiger partial charge in [0.15, 0.2) is 5.96 Å². The largest absolute Gasteiger partial charge is 0.444 e. The van der Waals surface area contributed by atoms with Gasteiger partial charge in [-0.05, 0) is 52.7 Å². The second-order valence-corrected chi connectivity index (χ2v) is 9.02. The molecule has 0 saturated carbocycles. The molecule has 0 aromatic carbocycles. The molecule has 1 fully saturated rings. The van der Waals surface area contributed by atoms with E-state index in [9.17, 15) is 4.79 Å². The van der Waals surface area contributed by atoms with Crippen molar-refractivity contribution in [1.29, 1.82) is 0 Å². The van der Waals surface area contributed by atoms with Crippen LogP contribution in [0, 0.1) is 0 Å².